The largest absolute Gasteiger partial charge is 0.573 e. The monoisotopic (exact) mass is 380 g/mol. The molecular weight excluding hydrogens is 357 g/mol. The number of carbonyl (C=O) groups excluding carboxylic acids is 1. The first-order valence-corrected chi connectivity index (χ1v) is 8.06. The van der Waals surface area contributed by atoms with Gasteiger partial charge >= 0.3 is 6.36 Å². The Morgan fingerprint density at radius 1 is 1.36 bits per heavy atom. The Morgan fingerprint density at radius 2 is 2.00 bits per heavy atom. The SMILES string of the molecule is CC(C)CC(CN)NC(=O)C1CC1c1ccccc1OC(F)(F)F.Cl. The van der Waals surface area contributed by atoms with Crippen molar-refractivity contribution in [1.82, 2.24) is 5.32 Å². The summed E-state index contributed by atoms with van der Waals surface area (Å²) in [6.45, 7) is 4.42. The minimum absolute atomic E-state index is 0. The van der Waals surface area contributed by atoms with Gasteiger partial charge in [0.25, 0.3) is 0 Å². The van der Waals surface area contributed by atoms with Crippen molar-refractivity contribution in [1.29, 1.82) is 0 Å². The van der Waals surface area contributed by atoms with E-state index in [9.17, 15) is 18.0 Å². The van der Waals surface area contributed by atoms with Crippen molar-refractivity contribution in [3.8, 4) is 5.75 Å². The molecule has 142 valence electrons. The van der Waals surface area contributed by atoms with E-state index in [4.69, 9.17) is 5.73 Å². The lowest BCUT2D eigenvalue weighted by Crippen LogP contribution is -2.41. The first-order chi connectivity index (χ1) is 11.2. The number of carbonyl (C=O) groups is 1. The summed E-state index contributed by atoms with van der Waals surface area (Å²) in [5.74, 6) is -0.569. The van der Waals surface area contributed by atoms with Crippen LogP contribution in [0.5, 0.6) is 5.75 Å². The van der Waals surface area contributed by atoms with E-state index in [1.807, 2.05) is 13.8 Å². The first kappa shape index (κ1) is 21.6. The summed E-state index contributed by atoms with van der Waals surface area (Å²) >= 11 is 0. The van der Waals surface area contributed by atoms with Crippen LogP contribution >= 0.6 is 12.4 Å². The second-order valence-electron chi connectivity index (χ2n) is 6.61. The molecule has 1 saturated carbocycles. The third kappa shape index (κ3) is 6.40. The van der Waals surface area contributed by atoms with E-state index in [1.165, 1.54) is 12.1 Å². The second kappa shape index (κ2) is 8.76. The van der Waals surface area contributed by atoms with Gasteiger partial charge in [0.1, 0.15) is 5.75 Å². The predicted molar refractivity (Wildman–Crippen MR) is 91.7 cm³/mol. The van der Waals surface area contributed by atoms with Crippen molar-refractivity contribution in [3.63, 3.8) is 0 Å². The Hall–Kier alpha value is -1.47. The molecule has 8 heteroatoms. The number of para-hydroxylation sites is 1. The van der Waals surface area contributed by atoms with E-state index in [0.29, 0.717) is 24.4 Å². The number of nitrogens with one attached hydrogen (secondary N) is 1. The molecule has 0 aliphatic heterocycles. The smallest absolute Gasteiger partial charge is 0.405 e. The summed E-state index contributed by atoms with van der Waals surface area (Å²) in [5.41, 5.74) is 6.09. The molecule has 1 amide bonds. The Bertz CT molecular complexity index is 581. The Kier molecular flexibility index (Phi) is 7.56. The molecule has 1 aliphatic carbocycles. The highest BCUT2D eigenvalue weighted by Crippen LogP contribution is 2.51. The lowest BCUT2D eigenvalue weighted by atomic mass is 10.0. The van der Waals surface area contributed by atoms with Crippen LogP contribution in [0.1, 0.15) is 38.2 Å². The molecule has 25 heavy (non-hydrogen) atoms. The summed E-state index contributed by atoms with van der Waals surface area (Å²) in [7, 11) is 0. The molecule has 0 heterocycles. The van der Waals surface area contributed by atoms with Crippen LogP contribution in [-0.4, -0.2) is 24.9 Å². The summed E-state index contributed by atoms with van der Waals surface area (Å²) < 4.78 is 41.5. The third-order valence-corrected chi connectivity index (χ3v) is 4.06. The lowest BCUT2D eigenvalue weighted by Gasteiger charge is -2.19. The predicted octanol–water partition coefficient (Wildman–Crippen LogP) is 3.60. The van der Waals surface area contributed by atoms with E-state index < -0.39 is 6.36 Å². The van der Waals surface area contributed by atoms with E-state index in [1.54, 1.807) is 12.1 Å². The zero-order chi connectivity index (χ0) is 17.9. The maximum absolute atomic E-state index is 12.5. The maximum atomic E-state index is 12.5. The number of rotatable bonds is 7. The van der Waals surface area contributed by atoms with Gasteiger partial charge in [0.05, 0.1) is 0 Å². The van der Waals surface area contributed by atoms with Crippen molar-refractivity contribution >= 4 is 18.3 Å². The van der Waals surface area contributed by atoms with Crippen LogP contribution in [0.3, 0.4) is 0 Å². The molecule has 1 aliphatic rings. The highest BCUT2D eigenvalue weighted by molar-refractivity contribution is 5.85. The minimum Gasteiger partial charge on any atom is -0.405 e. The van der Waals surface area contributed by atoms with E-state index in [-0.39, 0.29) is 41.9 Å². The molecule has 2 rings (SSSR count). The number of hydrogen-bond donors (Lipinski definition) is 2. The molecule has 0 saturated heterocycles. The average Bonchev–Trinajstić information content (AvgIpc) is 3.25. The Morgan fingerprint density at radius 3 is 2.56 bits per heavy atom. The minimum atomic E-state index is -4.75. The molecule has 0 bridgehead atoms. The molecule has 0 radical (unpaired) electrons. The first-order valence-electron chi connectivity index (χ1n) is 8.06. The van der Waals surface area contributed by atoms with Gasteiger partial charge in [-0.25, -0.2) is 0 Å². The Balaban J connectivity index is 0.00000312. The van der Waals surface area contributed by atoms with Crippen LogP contribution in [0.15, 0.2) is 24.3 Å². The second-order valence-corrected chi connectivity index (χ2v) is 6.61. The van der Waals surface area contributed by atoms with Crippen LogP contribution in [0.25, 0.3) is 0 Å². The van der Waals surface area contributed by atoms with Crippen LogP contribution in [0.2, 0.25) is 0 Å². The topological polar surface area (TPSA) is 64.3 Å². The van der Waals surface area contributed by atoms with Crippen LogP contribution in [-0.2, 0) is 4.79 Å². The molecule has 3 N–H and O–H groups in total. The van der Waals surface area contributed by atoms with Crippen molar-refractivity contribution in [2.45, 2.75) is 45.0 Å². The molecule has 1 aromatic carbocycles. The van der Waals surface area contributed by atoms with Crippen LogP contribution in [0.4, 0.5) is 13.2 Å². The van der Waals surface area contributed by atoms with Gasteiger partial charge < -0.3 is 15.8 Å². The summed E-state index contributed by atoms with van der Waals surface area (Å²) in [6.07, 6.45) is -3.46. The van der Waals surface area contributed by atoms with E-state index >= 15 is 0 Å². The standard InChI is InChI=1S/C17H23F3N2O2.ClH/c1-10(2)7-11(9-21)22-16(23)14-8-13(14)12-5-3-4-6-15(12)24-17(18,19)20;/h3-6,10-11,13-14H,7-9,21H2,1-2H3,(H,22,23);1H. The highest BCUT2D eigenvalue weighted by Gasteiger charge is 2.46. The van der Waals surface area contributed by atoms with Crippen molar-refractivity contribution in [2.24, 2.45) is 17.6 Å². The molecule has 0 aromatic heterocycles. The number of ether oxygens (including phenoxy) is 1. The fourth-order valence-corrected chi connectivity index (χ4v) is 2.92. The van der Waals surface area contributed by atoms with Gasteiger partial charge in [-0.15, -0.1) is 25.6 Å². The van der Waals surface area contributed by atoms with E-state index in [2.05, 4.69) is 10.1 Å². The lowest BCUT2D eigenvalue weighted by molar-refractivity contribution is -0.274. The van der Waals surface area contributed by atoms with Crippen LogP contribution < -0.4 is 15.8 Å². The maximum Gasteiger partial charge on any atom is 0.573 e. The number of hydrogen-bond acceptors (Lipinski definition) is 3. The number of nitrogens with two attached hydrogens (primary N) is 1. The number of amides is 1. The number of benzene rings is 1. The summed E-state index contributed by atoms with van der Waals surface area (Å²) in [6, 6.07) is 5.87. The average molecular weight is 381 g/mol. The fraction of sp³-hybridized carbons (Fsp3) is 0.588. The number of halogens is 4. The van der Waals surface area contributed by atoms with Gasteiger partial charge in [0, 0.05) is 18.5 Å². The molecule has 0 spiro atoms. The molecule has 1 aromatic rings. The van der Waals surface area contributed by atoms with Crippen molar-refractivity contribution in [2.75, 3.05) is 6.54 Å². The van der Waals surface area contributed by atoms with E-state index in [0.717, 1.165) is 6.42 Å². The zero-order valence-electron chi connectivity index (χ0n) is 14.2. The molecular formula is C17H24ClF3N2O2. The fourth-order valence-electron chi connectivity index (χ4n) is 2.92. The quantitative estimate of drug-likeness (QED) is 0.759. The number of alkyl halides is 3. The Labute approximate surface area is 151 Å². The van der Waals surface area contributed by atoms with Gasteiger partial charge in [0.15, 0.2) is 0 Å². The summed E-state index contributed by atoms with van der Waals surface area (Å²) in [4.78, 5) is 12.3. The van der Waals surface area contributed by atoms with Gasteiger partial charge in [-0.1, -0.05) is 32.0 Å². The zero-order valence-corrected chi connectivity index (χ0v) is 15.0. The van der Waals surface area contributed by atoms with Gasteiger partial charge in [-0.3, -0.25) is 4.79 Å². The van der Waals surface area contributed by atoms with Gasteiger partial charge in [-0.05, 0) is 36.3 Å². The molecule has 3 unspecified atom stereocenters. The normalized spacial score (nSPS) is 20.6. The van der Waals surface area contributed by atoms with Gasteiger partial charge in [0.2, 0.25) is 5.91 Å². The van der Waals surface area contributed by atoms with Gasteiger partial charge in [-0.2, -0.15) is 0 Å². The molecule has 1 fully saturated rings. The van der Waals surface area contributed by atoms with Crippen molar-refractivity contribution < 1.29 is 22.7 Å². The van der Waals surface area contributed by atoms with Crippen LogP contribution in [0, 0.1) is 11.8 Å². The van der Waals surface area contributed by atoms with Crippen molar-refractivity contribution in [3.05, 3.63) is 29.8 Å². The molecule has 3 atom stereocenters. The third-order valence-electron chi connectivity index (χ3n) is 4.06. The highest BCUT2D eigenvalue weighted by atomic mass is 35.5. The summed E-state index contributed by atoms with van der Waals surface area (Å²) in [5, 5.41) is 2.90. The molecule has 4 nitrogen and oxygen atoms in total.